The SMILES string of the molecule is O=C(Nc1cccc(CNC(=O)C2(c3ccc(F)cc3)CC2)c1)c1ccco1. The smallest absolute Gasteiger partial charge is 0.291 e. The van der Waals surface area contributed by atoms with E-state index in [4.69, 9.17) is 4.42 Å². The average Bonchev–Trinajstić information content (AvgIpc) is 3.32. The van der Waals surface area contributed by atoms with Gasteiger partial charge in [-0.15, -0.1) is 0 Å². The number of hydrogen-bond acceptors (Lipinski definition) is 3. The van der Waals surface area contributed by atoms with Crippen LogP contribution in [0.15, 0.2) is 71.3 Å². The number of benzene rings is 2. The van der Waals surface area contributed by atoms with Gasteiger partial charge in [-0.05, 0) is 60.4 Å². The van der Waals surface area contributed by atoms with E-state index in [1.807, 2.05) is 12.1 Å². The van der Waals surface area contributed by atoms with Crippen LogP contribution in [0.4, 0.5) is 10.1 Å². The Bertz CT molecular complexity index is 993. The van der Waals surface area contributed by atoms with Crippen LogP contribution in [0.1, 0.15) is 34.5 Å². The first-order chi connectivity index (χ1) is 13.6. The Labute approximate surface area is 161 Å². The maximum atomic E-state index is 13.1. The number of furan rings is 1. The molecule has 0 aliphatic heterocycles. The molecule has 6 heteroatoms. The van der Waals surface area contributed by atoms with Gasteiger partial charge in [-0.25, -0.2) is 4.39 Å². The highest BCUT2D eigenvalue weighted by Gasteiger charge is 2.51. The first-order valence-electron chi connectivity index (χ1n) is 9.05. The number of rotatable bonds is 6. The van der Waals surface area contributed by atoms with Crippen molar-refractivity contribution < 1.29 is 18.4 Å². The fourth-order valence-corrected chi connectivity index (χ4v) is 3.25. The highest BCUT2D eigenvalue weighted by atomic mass is 19.1. The summed E-state index contributed by atoms with van der Waals surface area (Å²) in [5, 5.41) is 5.72. The van der Waals surface area contributed by atoms with Gasteiger partial charge >= 0.3 is 0 Å². The van der Waals surface area contributed by atoms with Crippen LogP contribution in [-0.2, 0) is 16.8 Å². The van der Waals surface area contributed by atoms with Gasteiger partial charge in [0, 0.05) is 12.2 Å². The second-order valence-corrected chi connectivity index (χ2v) is 6.90. The molecule has 0 saturated heterocycles. The van der Waals surface area contributed by atoms with Gasteiger partial charge in [-0.3, -0.25) is 9.59 Å². The maximum absolute atomic E-state index is 13.1. The van der Waals surface area contributed by atoms with E-state index >= 15 is 0 Å². The molecule has 1 aromatic heterocycles. The summed E-state index contributed by atoms with van der Waals surface area (Å²) in [5.74, 6) is -0.481. The first-order valence-corrected chi connectivity index (χ1v) is 9.05. The zero-order valence-corrected chi connectivity index (χ0v) is 15.1. The minimum absolute atomic E-state index is 0.0656. The molecule has 1 aliphatic carbocycles. The average molecular weight is 378 g/mol. The molecule has 2 aromatic carbocycles. The van der Waals surface area contributed by atoms with Gasteiger partial charge in [0.15, 0.2) is 5.76 Å². The fraction of sp³-hybridized carbons (Fsp3) is 0.182. The second-order valence-electron chi connectivity index (χ2n) is 6.90. The monoisotopic (exact) mass is 378 g/mol. The Morgan fingerprint density at radius 2 is 1.82 bits per heavy atom. The molecule has 4 rings (SSSR count). The zero-order chi connectivity index (χ0) is 19.6. The highest BCUT2D eigenvalue weighted by Crippen LogP contribution is 2.48. The van der Waals surface area contributed by atoms with Crippen molar-refractivity contribution >= 4 is 17.5 Å². The van der Waals surface area contributed by atoms with E-state index < -0.39 is 5.41 Å². The predicted molar refractivity (Wildman–Crippen MR) is 102 cm³/mol. The number of anilines is 1. The Morgan fingerprint density at radius 1 is 1.04 bits per heavy atom. The van der Waals surface area contributed by atoms with Crippen LogP contribution in [0.3, 0.4) is 0 Å². The molecule has 0 atom stereocenters. The highest BCUT2D eigenvalue weighted by molar-refractivity contribution is 6.02. The van der Waals surface area contributed by atoms with Crippen LogP contribution in [0, 0.1) is 5.82 Å². The van der Waals surface area contributed by atoms with Crippen molar-refractivity contribution in [1.29, 1.82) is 0 Å². The number of carbonyl (C=O) groups is 2. The molecule has 142 valence electrons. The lowest BCUT2D eigenvalue weighted by Gasteiger charge is -2.16. The number of carbonyl (C=O) groups excluding carboxylic acids is 2. The van der Waals surface area contributed by atoms with Gasteiger partial charge in [-0.2, -0.15) is 0 Å². The summed E-state index contributed by atoms with van der Waals surface area (Å²) in [6.45, 7) is 0.340. The van der Waals surface area contributed by atoms with Crippen LogP contribution in [0.25, 0.3) is 0 Å². The quantitative estimate of drug-likeness (QED) is 0.681. The number of nitrogens with one attached hydrogen (secondary N) is 2. The number of hydrogen-bond donors (Lipinski definition) is 2. The molecule has 1 heterocycles. The molecule has 0 spiro atoms. The lowest BCUT2D eigenvalue weighted by molar-refractivity contribution is -0.123. The summed E-state index contributed by atoms with van der Waals surface area (Å²) in [5.41, 5.74) is 1.76. The molecule has 1 fully saturated rings. The van der Waals surface area contributed by atoms with E-state index in [-0.39, 0.29) is 23.4 Å². The molecule has 0 bridgehead atoms. The van der Waals surface area contributed by atoms with Crippen molar-refractivity contribution in [2.75, 3.05) is 5.32 Å². The topological polar surface area (TPSA) is 71.3 Å². The molecular weight excluding hydrogens is 359 g/mol. The minimum atomic E-state index is -0.557. The Balaban J connectivity index is 1.39. The van der Waals surface area contributed by atoms with E-state index in [0.29, 0.717) is 12.2 Å². The largest absolute Gasteiger partial charge is 0.459 e. The van der Waals surface area contributed by atoms with Crippen LogP contribution >= 0.6 is 0 Å². The third-order valence-electron chi connectivity index (χ3n) is 4.96. The number of amides is 2. The standard InChI is InChI=1S/C22H19FN2O3/c23-17-8-6-16(7-9-17)22(10-11-22)21(27)24-14-15-3-1-4-18(13-15)25-20(26)19-5-2-12-28-19/h1-9,12-13H,10-11,14H2,(H,24,27)(H,25,26). The minimum Gasteiger partial charge on any atom is -0.459 e. The van der Waals surface area contributed by atoms with E-state index in [0.717, 1.165) is 24.0 Å². The van der Waals surface area contributed by atoms with Gasteiger partial charge in [-0.1, -0.05) is 24.3 Å². The molecule has 2 amide bonds. The van der Waals surface area contributed by atoms with Crippen LogP contribution in [-0.4, -0.2) is 11.8 Å². The van der Waals surface area contributed by atoms with Gasteiger partial charge in [0.05, 0.1) is 11.7 Å². The molecule has 0 unspecified atom stereocenters. The fourth-order valence-electron chi connectivity index (χ4n) is 3.25. The number of halogens is 1. The molecule has 2 N–H and O–H groups in total. The summed E-state index contributed by atoms with van der Waals surface area (Å²) in [6.07, 6.45) is 2.95. The van der Waals surface area contributed by atoms with Crippen molar-refractivity contribution in [3.05, 3.63) is 89.6 Å². The van der Waals surface area contributed by atoms with Crippen molar-refractivity contribution in [2.24, 2.45) is 0 Å². The summed E-state index contributed by atoms with van der Waals surface area (Å²) in [6, 6.07) is 16.6. The van der Waals surface area contributed by atoms with Crippen LogP contribution in [0.5, 0.6) is 0 Å². The van der Waals surface area contributed by atoms with Crippen LogP contribution in [0.2, 0.25) is 0 Å². The van der Waals surface area contributed by atoms with Gasteiger partial charge < -0.3 is 15.1 Å². The Hall–Kier alpha value is -3.41. The van der Waals surface area contributed by atoms with Gasteiger partial charge in [0.25, 0.3) is 5.91 Å². The predicted octanol–water partition coefficient (Wildman–Crippen LogP) is 4.02. The molecule has 5 nitrogen and oxygen atoms in total. The van der Waals surface area contributed by atoms with E-state index in [9.17, 15) is 14.0 Å². The van der Waals surface area contributed by atoms with Crippen molar-refractivity contribution in [3.63, 3.8) is 0 Å². The lowest BCUT2D eigenvalue weighted by Crippen LogP contribution is -2.34. The summed E-state index contributed by atoms with van der Waals surface area (Å²) in [7, 11) is 0. The third kappa shape index (κ3) is 3.67. The van der Waals surface area contributed by atoms with Crippen LogP contribution < -0.4 is 10.6 Å². The molecular formula is C22H19FN2O3. The normalized spacial score (nSPS) is 14.3. The summed E-state index contributed by atoms with van der Waals surface area (Å²) in [4.78, 5) is 24.8. The van der Waals surface area contributed by atoms with E-state index in [2.05, 4.69) is 10.6 Å². The third-order valence-corrected chi connectivity index (χ3v) is 4.96. The Morgan fingerprint density at radius 3 is 2.50 bits per heavy atom. The molecule has 0 radical (unpaired) electrons. The molecule has 3 aromatic rings. The van der Waals surface area contributed by atoms with E-state index in [1.165, 1.54) is 18.4 Å². The zero-order valence-electron chi connectivity index (χ0n) is 15.1. The van der Waals surface area contributed by atoms with Gasteiger partial charge in [0.1, 0.15) is 5.82 Å². The maximum Gasteiger partial charge on any atom is 0.291 e. The first kappa shape index (κ1) is 18.0. The Kier molecular flexibility index (Phi) is 4.69. The second kappa shape index (κ2) is 7.31. The van der Waals surface area contributed by atoms with Crippen molar-refractivity contribution in [3.8, 4) is 0 Å². The van der Waals surface area contributed by atoms with Gasteiger partial charge in [0.2, 0.25) is 5.91 Å². The molecule has 28 heavy (non-hydrogen) atoms. The molecule has 1 aliphatic rings. The lowest BCUT2D eigenvalue weighted by atomic mass is 9.95. The molecule has 1 saturated carbocycles. The van der Waals surface area contributed by atoms with Crippen molar-refractivity contribution in [1.82, 2.24) is 5.32 Å². The summed E-state index contributed by atoms with van der Waals surface area (Å²) < 4.78 is 18.2. The summed E-state index contributed by atoms with van der Waals surface area (Å²) >= 11 is 0. The van der Waals surface area contributed by atoms with Crippen molar-refractivity contribution in [2.45, 2.75) is 24.8 Å². The van der Waals surface area contributed by atoms with E-state index in [1.54, 1.807) is 36.4 Å².